The second-order valence-electron chi connectivity index (χ2n) is 10.1. The Morgan fingerprint density at radius 1 is 0.712 bits per heavy atom. The van der Waals surface area contributed by atoms with Crippen LogP contribution in [0.5, 0.6) is 0 Å². The zero-order chi connectivity index (χ0) is 37.7. The van der Waals surface area contributed by atoms with Crippen molar-refractivity contribution in [1.29, 1.82) is 0 Å². The van der Waals surface area contributed by atoms with Crippen LogP contribution >= 0.6 is 35.2 Å². The van der Waals surface area contributed by atoms with Gasteiger partial charge in [-0.2, -0.15) is 38.3 Å². The van der Waals surface area contributed by atoms with Crippen LogP contribution in [0.1, 0.15) is 11.1 Å². The van der Waals surface area contributed by atoms with Crippen molar-refractivity contribution in [2.75, 3.05) is 73.0 Å². The van der Waals surface area contributed by atoms with Crippen molar-refractivity contribution in [3.05, 3.63) is 58.1 Å². The first-order chi connectivity index (χ1) is 25.0. The summed E-state index contributed by atoms with van der Waals surface area (Å²) >= 11 is 12.8. The highest BCUT2D eigenvalue weighted by molar-refractivity contribution is 7.94. The fourth-order valence-electron chi connectivity index (χ4n) is 4.47. The number of aromatic nitrogens is 6. The summed E-state index contributed by atoms with van der Waals surface area (Å²) in [5.74, 6) is 0.113. The Kier molecular flexibility index (Phi) is 15.4. The molecule has 2 aromatic heterocycles. The molecule has 280 valence electrons. The minimum Gasteiger partial charge on any atom is -0.395 e. The lowest BCUT2D eigenvalue weighted by molar-refractivity contribution is -0.432. The van der Waals surface area contributed by atoms with Gasteiger partial charge in [-0.25, -0.2) is 5.26 Å². The molecule has 4 rings (SSSR count). The van der Waals surface area contributed by atoms with Crippen LogP contribution in [0.15, 0.2) is 46.2 Å². The van der Waals surface area contributed by atoms with E-state index in [1.165, 1.54) is 34.1 Å². The minimum atomic E-state index is -4.77. The Hall–Kier alpha value is -4.04. The molecular formula is C28H32Cl2N10O10S2. The fraction of sp³-hybridized carbons (Fsp3) is 0.286. The highest BCUT2D eigenvalue weighted by Gasteiger charge is 2.18. The summed E-state index contributed by atoms with van der Waals surface area (Å²) in [5.41, 5.74) is 1.10. The van der Waals surface area contributed by atoms with E-state index in [4.69, 9.17) is 28.5 Å². The Labute approximate surface area is 310 Å². The standard InChI is InChI=1S/C28H32Cl2N10O10S2/c29-23-33-25(37-27(35-23)39(7-11-41)8-12-42)31-19-5-3-17(21(15-19)51-50-49-45)1-2-18-4-6-20(16-22(18)52(46,47)48)32-26-34-24(30)36-28(38-26)40(9-13-43)10-14-44/h1-6,15-16,41-45H,7-14H2,(H,46,47,48)(H,31,33,35,37)(H,32,34,36,38). The van der Waals surface area contributed by atoms with E-state index in [1.807, 2.05) is 0 Å². The summed E-state index contributed by atoms with van der Waals surface area (Å²) in [7, 11) is -4.77. The van der Waals surface area contributed by atoms with Crippen molar-refractivity contribution in [1.82, 2.24) is 29.9 Å². The van der Waals surface area contributed by atoms with Crippen molar-refractivity contribution in [2.45, 2.75) is 9.79 Å². The van der Waals surface area contributed by atoms with Crippen LogP contribution in [-0.4, -0.2) is 121 Å². The van der Waals surface area contributed by atoms with Gasteiger partial charge in [-0.15, -0.1) is 4.33 Å². The Bertz CT molecular complexity index is 1940. The van der Waals surface area contributed by atoms with Gasteiger partial charge < -0.3 is 40.9 Å². The lowest BCUT2D eigenvalue weighted by atomic mass is 10.1. The number of hydrogen-bond acceptors (Lipinski definition) is 20. The largest absolute Gasteiger partial charge is 0.395 e. The molecule has 2 heterocycles. The molecule has 4 aromatic rings. The molecule has 0 aliphatic heterocycles. The fourth-order valence-corrected chi connectivity index (χ4v) is 6.00. The Morgan fingerprint density at radius 2 is 1.17 bits per heavy atom. The summed E-state index contributed by atoms with van der Waals surface area (Å²) in [6.45, 7) is -0.504. The van der Waals surface area contributed by atoms with Crippen LogP contribution in [0.25, 0.3) is 12.2 Å². The summed E-state index contributed by atoms with van der Waals surface area (Å²) in [4.78, 5) is 27.5. The van der Waals surface area contributed by atoms with Crippen molar-refractivity contribution in [3.63, 3.8) is 0 Å². The number of rotatable bonds is 20. The second kappa shape index (κ2) is 19.7. The maximum atomic E-state index is 12.4. The van der Waals surface area contributed by atoms with E-state index < -0.39 is 15.0 Å². The van der Waals surface area contributed by atoms with Gasteiger partial charge in [0.2, 0.25) is 34.4 Å². The Balaban J connectivity index is 1.62. The molecule has 0 bridgehead atoms. The van der Waals surface area contributed by atoms with Crippen LogP contribution in [0.3, 0.4) is 0 Å². The van der Waals surface area contributed by atoms with Gasteiger partial charge in [0.15, 0.2) is 0 Å². The molecule has 2 aromatic carbocycles. The molecular weight excluding hydrogens is 771 g/mol. The number of nitrogens with one attached hydrogen (secondary N) is 2. The van der Waals surface area contributed by atoms with Gasteiger partial charge in [-0.05, 0) is 58.6 Å². The smallest absolute Gasteiger partial charge is 0.295 e. The SMILES string of the molecule is O=S(=O)(O)c1cc(Nc2nc(Cl)nc(N(CCO)CCO)n2)ccc1C=Cc1ccc(Nc2nc(Cl)nc(N(CCO)CCO)n2)cc1SOOO. The van der Waals surface area contributed by atoms with Crippen LogP contribution in [0, 0.1) is 0 Å². The van der Waals surface area contributed by atoms with Crippen molar-refractivity contribution in [3.8, 4) is 0 Å². The summed E-state index contributed by atoms with van der Waals surface area (Å²) in [6.07, 6.45) is 2.92. The molecule has 0 saturated heterocycles. The summed E-state index contributed by atoms with van der Waals surface area (Å²) in [6, 6.07) is 8.84. The molecule has 0 spiro atoms. The maximum absolute atomic E-state index is 12.4. The van der Waals surface area contributed by atoms with Gasteiger partial charge in [0.25, 0.3) is 10.1 Å². The first-order valence-electron chi connectivity index (χ1n) is 14.9. The lowest BCUT2D eigenvalue weighted by Crippen LogP contribution is -2.31. The zero-order valence-electron chi connectivity index (χ0n) is 26.7. The topological polar surface area (TPSA) is 282 Å². The number of nitrogens with zero attached hydrogens (tertiary/aromatic N) is 8. The van der Waals surface area contributed by atoms with E-state index in [9.17, 15) is 33.4 Å². The van der Waals surface area contributed by atoms with E-state index in [2.05, 4.69) is 49.9 Å². The normalized spacial score (nSPS) is 11.6. The minimum absolute atomic E-state index is 0.0317. The predicted molar refractivity (Wildman–Crippen MR) is 191 cm³/mol. The van der Waals surface area contributed by atoms with Gasteiger partial charge in [0, 0.05) is 42.4 Å². The Morgan fingerprint density at radius 3 is 1.63 bits per heavy atom. The van der Waals surface area contributed by atoms with Gasteiger partial charge in [0.1, 0.15) is 4.90 Å². The van der Waals surface area contributed by atoms with Crippen molar-refractivity contribution < 1.29 is 48.0 Å². The van der Waals surface area contributed by atoms with Crippen LogP contribution in [-0.2, 0) is 19.5 Å². The van der Waals surface area contributed by atoms with Gasteiger partial charge in [0.05, 0.1) is 38.5 Å². The number of hydrogen-bond donors (Lipinski definition) is 8. The quantitative estimate of drug-likeness (QED) is 0.0209. The molecule has 24 heteroatoms. The maximum Gasteiger partial charge on any atom is 0.295 e. The summed E-state index contributed by atoms with van der Waals surface area (Å²) in [5, 5.41) is 55.4. The van der Waals surface area contributed by atoms with E-state index >= 15 is 0 Å². The monoisotopic (exact) mass is 802 g/mol. The average molecular weight is 804 g/mol. The number of aliphatic hydroxyl groups excluding tert-OH is 4. The third-order valence-electron chi connectivity index (χ3n) is 6.65. The van der Waals surface area contributed by atoms with E-state index in [0.29, 0.717) is 28.2 Å². The van der Waals surface area contributed by atoms with Crippen LogP contribution < -0.4 is 20.4 Å². The molecule has 0 radical (unpaired) electrons. The van der Waals surface area contributed by atoms with E-state index in [0.717, 1.165) is 6.07 Å². The van der Waals surface area contributed by atoms with Gasteiger partial charge >= 0.3 is 0 Å². The van der Waals surface area contributed by atoms with Crippen molar-refractivity contribution in [2.24, 2.45) is 0 Å². The lowest BCUT2D eigenvalue weighted by Gasteiger charge is -2.20. The number of aliphatic hydroxyl groups is 4. The molecule has 0 aliphatic carbocycles. The van der Waals surface area contributed by atoms with E-state index in [1.54, 1.807) is 18.2 Å². The number of halogens is 2. The molecule has 52 heavy (non-hydrogen) atoms. The molecule has 0 saturated carbocycles. The summed E-state index contributed by atoms with van der Waals surface area (Å²) < 4.78 is 39.6. The average Bonchev–Trinajstić information content (AvgIpc) is 3.09. The number of anilines is 6. The molecule has 20 nitrogen and oxygen atoms in total. The molecule has 0 unspecified atom stereocenters. The second-order valence-corrected chi connectivity index (χ2v) is 12.9. The first kappa shape index (κ1) is 40.7. The predicted octanol–water partition coefficient (Wildman–Crippen LogP) is 2.28. The van der Waals surface area contributed by atoms with Gasteiger partial charge in [-0.1, -0.05) is 29.3 Å². The van der Waals surface area contributed by atoms with E-state index in [-0.39, 0.29) is 98.2 Å². The van der Waals surface area contributed by atoms with Gasteiger partial charge in [-0.3, -0.25) is 4.55 Å². The molecule has 0 aliphatic rings. The third kappa shape index (κ3) is 11.7. The van der Waals surface area contributed by atoms with Crippen LogP contribution in [0.4, 0.5) is 35.2 Å². The molecule has 0 fully saturated rings. The van der Waals surface area contributed by atoms with Crippen LogP contribution in [0.2, 0.25) is 10.6 Å². The highest BCUT2D eigenvalue weighted by Crippen LogP contribution is 2.31. The molecule has 0 amide bonds. The molecule has 8 N–H and O–H groups in total. The van der Waals surface area contributed by atoms with Crippen molar-refractivity contribution >= 4 is 92.7 Å². The third-order valence-corrected chi connectivity index (χ3v) is 8.56. The highest BCUT2D eigenvalue weighted by atomic mass is 35.5. The first-order valence-corrected chi connectivity index (χ1v) is 17.8. The zero-order valence-corrected chi connectivity index (χ0v) is 29.9. The molecule has 0 atom stereocenters. The number of benzene rings is 2.